The number of nitrogens with zero attached hydrogens (tertiary/aromatic N) is 1. The van der Waals surface area contributed by atoms with Crippen molar-refractivity contribution < 1.29 is 9.47 Å². The minimum absolute atomic E-state index is 0.622. The lowest BCUT2D eigenvalue weighted by Gasteiger charge is -2.34. The molecule has 3 heteroatoms. The highest BCUT2D eigenvalue weighted by atomic mass is 16.5. The number of rotatable bonds is 4. The second-order valence-corrected chi connectivity index (χ2v) is 6.83. The summed E-state index contributed by atoms with van der Waals surface area (Å²) in [4.78, 5) is 2.67. The molecule has 2 unspecified atom stereocenters. The third kappa shape index (κ3) is 2.57. The first-order chi connectivity index (χ1) is 11.8. The maximum Gasteiger partial charge on any atom is 0.164 e. The van der Waals surface area contributed by atoms with Gasteiger partial charge in [-0.3, -0.25) is 4.90 Å². The van der Waals surface area contributed by atoms with Crippen LogP contribution in [0.3, 0.4) is 0 Å². The molecule has 3 nitrogen and oxygen atoms in total. The van der Waals surface area contributed by atoms with Crippen molar-refractivity contribution in [2.75, 3.05) is 20.8 Å². The highest BCUT2D eigenvalue weighted by Gasteiger charge is 2.39. The lowest BCUT2D eigenvalue weighted by atomic mass is 9.79. The van der Waals surface area contributed by atoms with Crippen LogP contribution in [0.25, 0.3) is 0 Å². The molecule has 1 fully saturated rings. The maximum atomic E-state index is 5.67. The monoisotopic (exact) mass is 323 g/mol. The number of fused-ring (bicyclic) bond motifs is 3. The van der Waals surface area contributed by atoms with E-state index in [0.29, 0.717) is 12.0 Å². The van der Waals surface area contributed by atoms with Gasteiger partial charge in [0.25, 0.3) is 0 Å². The summed E-state index contributed by atoms with van der Waals surface area (Å²) in [5, 5.41) is 0. The smallest absolute Gasteiger partial charge is 0.164 e. The molecule has 4 rings (SSSR count). The molecule has 126 valence electrons. The van der Waals surface area contributed by atoms with Crippen LogP contribution in [0.5, 0.6) is 11.5 Å². The van der Waals surface area contributed by atoms with E-state index in [0.717, 1.165) is 24.5 Å². The number of methoxy groups -OCH3 is 2. The summed E-state index contributed by atoms with van der Waals surface area (Å²) < 4.78 is 11.1. The second kappa shape index (κ2) is 6.48. The second-order valence-electron chi connectivity index (χ2n) is 6.83. The first kappa shape index (κ1) is 15.5. The average molecular weight is 323 g/mol. The zero-order valence-corrected chi connectivity index (χ0v) is 14.5. The maximum absolute atomic E-state index is 5.67. The molecule has 0 amide bonds. The number of benzene rings is 2. The summed E-state index contributed by atoms with van der Waals surface area (Å²) in [6, 6.07) is 15.8. The topological polar surface area (TPSA) is 21.7 Å². The molecule has 1 aliphatic heterocycles. The molecule has 2 atom stereocenters. The van der Waals surface area contributed by atoms with E-state index < -0.39 is 0 Å². The Morgan fingerprint density at radius 1 is 1.00 bits per heavy atom. The van der Waals surface area contributed by atoms with Gasteiger partial charge in [-0.1, -0.05) is 36.4 Å². The van der Waals surface area contributed by atoms with Crippen LogP contribution in [0.15, 0.2) is 42.5 Å². The molecule has 2 aliphatic rings. The third-order valence-electron chi connectivity index (χ3n) is 5.66. The van der Waals surface area contributed by atoms with Crippen molar-refractivity contribution in [3.05, 3.63) is 59.2 Å². The highest BCUT2D eigenvalue weighted by molar-refractivity contribution is 5.53. The van der Waals surface area contributed by atoms with Gasteiger partial charge in [0, 0.05) is 24.1 Å². The van der Waals surface area contributed by atoms with E-state index in [2.05, 4.69) is 47.4 Å². The molecule has 1 aliphatic carbocycles. The molecule has 0 spiro atoms. The summed E-state index contributed by atoms with van der Waals surface area (Å²) in [5.41, 5.74) is 4.25. The van der Waals surface area contributed by atoms with E-state index in [1.807, 2.05) is 0 Å². The molecular formula is C21H25NO2. The molecule has 0 radical (unpaired) electrons. The number of ether oxygens (including phenoxy) is 2. The summed E-state index contributed by atoms with van der Waals surface area (Å²) >= 11 is 0. The average Bonchev–Trinajstić information content (AvgIpc) is 3.04. The number of hydrogen-bond donors (Lipinski definition) is 0. The largest absolute Gasteiger partial charge is 0.493 e. The highest BCUT2D eigenvalue weighted by Crippen LogP contribution is 2.47. The molecule has 1 heterocycles. The van der Waals surface area contributed by atoms with Gasteiger partial charge in [-0.25, -0.2) is 0 Å². The first-order valence-corrected chi connectivity index (χ1v) is 8.83. The van der Waals surface area contributed by atoms with E-state index in [4.69, 9.17) is 9.47 Å². The molecule has 1 saturated heterocycles. The van der Waals surface area contributed by atoms with Crippen LogP contribution in [0, 0.1) is 0 Å². The van der Waals surface area contributed by atoms with Crippen molar-refractivity contribution in [1.82, 2.24) is 4.90 Å². The van der Waals surface area contributed by atoms with Crippen LogP contribution in [-0.2, 0) is 13.0 Å². The van der Waals surface area contributed by atoms with E-state index in [1.165, 1.54) is 36.1 Å². The standard InChI is InChI=1S/C21H25NO2/c1-23-20-11-9-16-17-12-13-22(14-15-6-4-3-5-7-15)19(17)10-8-18(16)21(20)24-2/h3-7,9,11,17,19H,8,10,12-14H2,1-2H3. The van der Waals surface area contributed by atoms with Gasteiger partial charge in [0.05, 0.1) is 14.2 Å². The zero-order valence-electron chi connectivity index (χ0n) is 14.5. The van der Waals surface area contributed by atoms with E-state index in [9.17, 15) is 0 Å². The first-order valence-electron chi connectivity index (χ1n) is 8.83. The fourth-order valence-electron chi connectivity index (χ4n) is 4.58. The number of hydrogen-bond acceptors (Lipinski definition) is 3. The number of likely N-dealkylation sites (tertiary alicyclic amines) is 1. The minimum atomic E-state index is 0.622. The Kier molecular flexibility index (Phi) is 4.19. The van der Waals surface area contributed by atoms with Gasteiger partial charge in [0.15, 0.2) is 11.5 Å². The lowest BCUT2D eigenvalue weighted by molar-refractivity contribution is 0.217. The van der Waals surface area contributed by atoms with E-state index in [-0.39, 0.29) is 0 Å². The van der Waals surface area contributed by atoms with Gasteiger partial charge in [0.2, 0.25) is 0 Å². The molecule has 0 aromatic heterocycles. The molecule has 24 heavy (non-hydrogen) atoms. The lowest BCUT2D eigenvalue weighted by Crippen LogP contribution is -2.34. The summed E-state index contributed by atoms with van der Waals surface area (Å²) in [6.07, 6.45) is 3.51. The Morgan fingerprint density at radius 3 is 2.58 bits per heavy atom. The summed E-state index contributed by atoms with van der Waals surface area (Å²) in [7, 11) is 3.47. The molecule has 2 aromatic carbocycles. The molecular weight excluding hydrogens is 298 g/mol. The van der Waals surface area contributed by atoms with Gasteiger partial charge in [-0.05, 0) is 43.0 Å². The predicted octanol–water partition coefficient (Wildman–Crippen LogP) is 4.01. The van der Waals surface area contributed by atoms with Gasteiger partial charge in [-0.15, -0.1) is 0 Å². The van der Waals surface area contributed by atoms with Gasteiger partial charge in [-0.2, -0.15) is 0 Å². The Balaban J connectivity index is 1.60. The van der Waals surface area contributed by atoms with Gasteiger partial charge in [0.1, 0.15) is 0 Å². The van der Waals surface area contributed by atoms with E-state index in [1.54, 1.807) is 14.2 Å². The zero-order chi connectivity index (χ0) is 16.5. The van der Waals surface area contributed by atoms with Crippen molar-refractivity contribution >= 4 is 0 Å². The fourth-order valence-corrected chi connectivity index (χ4v) is 4.58. The summed E-state index contributed by atoms with van der Waals surface area (Å²) in [5.74, 6) is 2.42. The third-order valence-corrected chi connectivity index (χ3v) is 5.66. The Bertz CT molecular complexity index is 713. The van der Waals surface area contributed by atoms with Crippen molar-refractivity contribution in [3.63, 3.8) is 0 Å². The van der Waals surface area contributed by atoms with Gasteiger partial charge < -0.3 is 9.47 Å². The summed E-state index contributed by atoms with van der Waals surface area (Å²) in [6.45, 7) is 2.24. The van der Waals surface area contributed by atoms with Gasteiger partial charge >= 0.3 is 0 Å². The van der Waals surface area contributed by atoms with Crippen LogP contribution in [-0.4, -0.2) is 31.7 Å². The Morgan fingerprint density at radius 2 is 1.83 bits per heavy atom. The fraction of sp³-hybridized carbons (Fsp3) is 0.429. The van der Waals surface area contributed by atoms with Crippen LogP contribution in [0.2, 0.25) is 0 Å². The Labute approximate surface area is 144 Å². The van der Waals surface area contributed by atoms with Crippen molar-refractivity contribution in [1.29, 1.82) is 0 Å². The van der Waals surface area contributed by atoms with Crippen molar-refractivity contribution in [2.24, 2.45) is 0 Å². The molecule has 0 saturated carbocycles. The molecule has 2 aromatic rings. The van der Waals surface area contributed by atoms with Crippen LogP contribution >= 0.6 is 0 Å². The van der Waals surface area contributed by atoms with Crippen molar-refractivity contribution in [2.45, 2.75) is 37.8 Å². The van der Waals surface area contributed by atoms with Crippen LogP contribution < -0.4 is 9.47 Å². The van der Waals surface area contributed by atoms with Crippen LogP contribution in [0.4, 0.5) is 0 Å². The van der Waals surface area contributed by atoms with E-state index >= 15 is 0 Å². The molecule has 0 N–H and O–H groups in total. The predicted molar refractivity (Wildman–Crippen MR) is 95.9 cm³/mol. The molecule has 0 bridgehead atoms. The van der Waals surface area contributed by atoms with Crippen LogP contribution in [0.1, 0.15) is 35.4 Å². The Hall–Kier alpha value is -2.00. The SMILES string of the molecule is COc1ccc2c(c1OC)CCC1C2CCN1Cc1ccccc1. The van der Waals surface area contributed by atoms with Crippen molar-refractivity contribution in [3.8, 4) is 11.5 Å². The quantitative estimate of drug-likeness (QED) is 0.848. The normalized spacial score (nSPS) is 22.8. The minimum Gasteiger partial charge on any atom is -0.493 e.